The van der Waals surface area contributed by atoms with Gasteiger partial charge in [-0.2, -0.15) is 4.31 Å². The van der Waals surface area contributed by atoms with Crippen molar-refractivity contribution in [2.24, 2.45) is 0 Å². The molecule has 1 amide bonds. The zero-order chi connectivity index (χ0) is 23.9. The lowest BCUT2D eigenvalue weighted by Crippen LogP contribution is -2.50. The van der Waals surface area contributed by atoms with Crippen LogP contribution >= 0.6 is 11.6 Å². The van der Waals surface area contributed by atoms with E-state index in [4.69, 9.17) is 16.1 Å². The van der Waals surface area contributed by atoms with Crippen molar-refractivity contribution in [3.05, 3.63) is 70.2 Å². The van der Waals surface area contributed by atoms with Gasteiger partial charge in [0.25, 0.3) is 5.91 Å². The fourth-order valence-corrected chi connectivity index (χ4v) is 5.45. The van der Waals surface area contributed by atoms with Crippen LogP contribution in [0.25, 0.3) is 11.3 Å². The van der Waals surface area contributed by atoms with E-state index in [2.05, 4.69) is 5.16 Å². The van der Waals surface area contributed by atoms with Crippen LogP contribution in [0.15, 0.2) is 45.8 Å². The van der Waals surface area contributed by atoms with E-state index < -0.39 is 38.3 Å². The molecule has 0 spiro atoms. The van der Waals surface area contributed by atoms with Crippen molar-refractivity contribution in [2.45, 2.75) is 11.8 Å². The molecule has 1 aliphatic rings. The molecule has 1 saturated heterocycles. The number of halogens is 4. The second kappa shape index (κ2) is 8.81. The van der Waals surface area contributed by atoms with Gasteiger partial charge in [0.1, 0.15) is 34.5 Å². The molecule has 1 aromatic heterocycles. The van der Waals surface area contributed by atoms with E-state index in [1.807, 2.05) is 0 Å². The zero-order valence-electron chi connectivity index (χ0n) is 17.2. The number of carbonyl (C=O) groups excluding carboxylic acids is 1. The number of hydrogen-bond donors (Lipinski definition) is 0. The first-order valence-electron chi connectivity index (χ1n) is 9.77. The molecule has 0 N–H and O–H groups in total. The minimum Gasteiger partial charge on any atom is -0.360 e. The maximum atomic E-state index is 14.4. The molecule has 33 heavy (non-hydrogen) atoms. The summed E-state index contributed by atoms with van der Waals surface area (Å²) in [5, 5.41) is 3.84. The van der Waals surface area contributed by atoms with Gasteiger partial charge in [-0.1, -0.05) is 28.9 Å². The number of hydrogen-bond acceptors (Lipinski definition) is 5. The highest BCUT2D eigenvalue weighted by molar-refractivity contribution is 7.89. The van der Waals surface area contributed by atoms with Crippen LogP contribution < -0.4 is 0 Å². The number of aryl methyl sites for hydroxylation is 1. The number of rotatable bonds is 4. The maximum Gasteiger partial charge on any atom is 0.259 e. The minimum absolute atomic E-state index is 0.00143. The van der Waals surface area contributed by atoms with Crippen LogP contribution in [0.1, 0.15) is 16.1 Å². The molecule has 0 saturated carbocycles. The van der Waals surface area contributed by atoms with E-state index in [0.29, 0.717) is 0 Å². The van der Waals surface area contributed by atoms with Crippen molar-refractivity contribution in [1.29, 1.82) is 0 Å². The molecule has 174 valence electrons. The van der Waals surface area contributed by atoms with E-state index >= 15 is 0 Å². The molecule has 1 fully saturated rings. The molecule has 0 aliphatic carbocycles. The fraction of sp³-hybridized carbons (Fsp3) is 0.238. The largest absolute Gasteiger partial charge is 0.360 e. The van der Waals surface area contributed by atoms with Crippen LogP contribution in [-0.4, -0.2) is 54.9 Å². The second-order valence-electron chi connectivity index (χ2n) is 7.31. The molecular weight excluding hydrogens is 483 g/mol. The monoisotopic (exact) mass is 499 g/mol. The van der Waals surface area contributed by atoms with Crippen LogP contribution in [0.5, 0.6) is 0 Å². The summed E-state index contributed by atoms with van der Waals surface area (Å²) in [5.41, 5.74) is -0.154. The van der Waals surface area contributed by atoms with Crippen molar-refractivity contribution < 1.29 is 30.9 Å². The number of sulfonamides is 1. The first-order chi connectivity index (χ1) is 15.6. The summed E-state index contributed by atoms with van der Waals surface area (Å²) < 4.78 is 74.0. The predicted molar refractivity (Wildman–Crippen MR) is 113 cm³/mol. The third kappa shape index (κ3) is 4.11. The van der Waals surface area contributed by atoms with E-state index in [9.17, 15) is 26.4 Å². The fourth-order valence-electron chi connectivity index (χ4n) is 3.67. The first kappa shape index (κ1) is 23.3. The van der Waals surface area contributed by atoms with Gasteiger partial charge in [0, 0.05) is 26.2 Å². The Morgan fingerprint density at radius 1 is 1.00 bits per heavy atom. The summed E-state index contributed by atoms with van der Waals surface area (Å²) in [6.07, 6.45) is 0. The number of nitrogens with zero attached hydrogens (tertiary/aromatic N) is 3. The van der Waals surface area contributed by atoms with E-state index in [-0.39, 0.29) is 53.8 Å². The summed E-state index contributed by atoms with van der Waals surface area (Å²) in [5.74, 6) is -3.50. The van der Waals surface area contributed by atoms with Gasteiger partial charge in [-0.05, 0) is 31.2 Å². The smallest absolute Gasteiger partial charge is 0.259 e. The minimum atomic E-state index is -4.45. The molecule has 1 aliphatic heterocycles. The number of carbonyl (C=O) groups is 1. The lowest BCUT2D eigenvalue weighted by molar-refractivity contribution is 0.0696. The van der Waals surface area contributed by atoms with Crippen LogP contribution in [0.2, 0.25) is 5.02 Å². The normalized spacial score (nSPS) is 15.1. The van der Waals surface area contributed by atoms with Gasteiger partial charge in [-0.25, -0.2) is 21.6 Å². The van der Waals surface area contributed by atoms with Crippen LogP contribution in [0.3, 0.4) is 0 Å². The third-order valence-electron chi connectivity index (χ3n) is 5.32. The molecular formula is C21H17ClF3N3O4S. The molecule has 3 aromatic rings. The third-order valence-corrected chi connectivity index (χ3v) is 7.58. The van der Waals surface area contributed by atoms with Crippen LogP contribution in [0, 0.1) is 24.4 Å². The highest BCUT2D eigenvalue weighted by Crippen LogP contribution is 2.34. The molecule has 2 aromatic carbocycles. The zero-order valence-corrected chi connectivity index (χ0v) is 18.8. The molecule has 0 unspecified atom stereocenters. The quantitative estimate of drug-likeness (QED) is 0.544. The lowest BCUT2D eigenvalue weighted by Gasteiger charge is -2.34. The van der Waals surface area contributed by atoms with Crippen molar-refractivity contribution in [3.63, 3.8) is 0 Å². The number of piperazine rings is 1. The Labute approximate surface area is 192 Å². The molecule has 7 nitrogen and oxygen atoms in total. The molecule has 0 bridgehead atoms. The highest BCUT2D eigenvalue weighted by atomic mass is 35.5. The van der Waals surface area contributed by atoms with Crippen molar-refractivity contribution >= 4 is 27.5 Å². The molecule has 4 rings (SSSR count). The van der Waals surface area contributed by atoms with E-state index in [0.717, 1.165) is 22.5 Å². The summed E-state index contributed by atoms with van der Waals surface area (Å²) in [7, 11) is -4.45. The topological polar surface area (TPSA) is 83.7 Å². The SMILES string of the molecule is Cc1onc(-c2c(F)cccc2Cl)c1C(=O)N1CCN(S(=O)(=O)c2c(F)cccc2F)CC1. The Hall–Kier alpha value is -2.89. The number of aromatic nitrogens is 1. The second-order valence-corrected chi connectivity index (χ2v) is 9.59. The molecule has 0 atom stereocenters. The maximum absolute atomic E-state index is 14.4. The number of amides is 1. The van der Waals surface area contributed by atoms with Gasteiger partial charge in [0.05, 0.1) is 10.6 Å². The first-order valence-corrected chi connectivity index (χ1v) is 11.6. The predicted octanol–water partition coefficient (Wildman–Crippen LogP) is 3.87. The summed E-state index contributed by atoms with van der Waals surface area (Å²) in [6, 6.07) is 6.82. The van der Waals surface area contributed by atoms with Gasteiger partial charge in [-0.3, -0.25) is 4.79 Å². The van der Waals surface area contributed by atoms with Crippen LogP contribution in [-0.2, 0) is 10.0 Å². The number of benzene rings is 2. The van der Waals surface area contributed by atoms with Gasteiger partial charge in [0.2, 0.25) is 10.0 Å². The Balaban J connectivity index is 1.58. The van der Waals surface area contributed by atoms with Crippen molar-refractivity contribution in [1.82, 2.24) is 14.4 Å². The van der Waals surface area contributed by atoms with Gasteiger partial charge in [-0.15, -0.1) is 0 Å². The summed E-state index contributed by atoms with van der Waals surface area (Å²) in [4.78, 5) is 13.5. The van der Waals surface area contributed by atoms with Crippen LogP contribution in [0.4, 0.5) is 13.2 Å². The molecule has 12 heteroatoms. The average molecular weight is 500 g/mol. The lowest BCUT2D eigenvalue weighted by atomic mass is 10.0. The highest BCUT2D eigenvalue weighted by Gasteiger charge is 2.36. The van der Waals surface area contributed by atoms with Crippen molar-refractivity contribution in [2.75, 3.05) is 26.2 Å². The van der Waals surface area contributed by atoms with E-state index in [1.54, 1.807) is 0 Å². The van der Waals surface area contributed by atoms with Gasteiger partial charge >= 0.3 is 0 Å². The summed E-state index contributed by atoms with van der Waals surface area (Å²) in [6.45, 7) is 0.969. The Morgan fingerprint density at radius 2 is 1.58 bits per heavy atom. The Bertz CT molecular complexity index is 1300. The van der Waals surface area contributed by atoms with Crippen molar-refractivity contribution in [3.8, 4) is 11.3 Å². The molecule has 0 radical (unpaired) electrons. The Kier molecular flexibility index (Phi) is 6.21. The molecule has 2 heterocycles. The van der Waals surface area contributed by atoms with E-state index in [1.165, 1.54) is 30.0 Å². The average Bonchev–Trinajstić information content (AvgIpc) is 3.14. The van der Waals surface area contributed by atoms with Gasteiger partial charge < -0.3 is 9.42 Å². The van der Waals surface area contributed by atoms with Gasteiger partial charge in [0.15, 0.2) is 4.90 Å². The standard InChI is InChI=1S/C21H17ClF3N3O4S/c1-12-17(19(26-32-12)18-13(22)4-2-5-14(18)23)21(29)27-8-10-28(11-9-27)33(30,31)20-15(24)6-3-7-16(20)25/h2-7H,8-11H2,1H3. The summed E-state index contributed by atoms with van der Waals surface area (Å²) >= 11 is 6.11. The Morgan fingerprint density at radius 3 is 2.18 bits per heavy atom.